The lowest BCUT2D eigenvalue weighted by Crippen LogP contribution is -2.46. The van der Waals surface area contributed by atoms with Crippen molar-refractivity contribution in [2.24, 2.45) is 15.7 Å². The van der Waals surface area contributed by atoms with Gasteiger partial charge in [-0.15, -0.1) is 0 Å². The molecule has 15 heteroatoms. The first-order chi connectivity index (χ1) is 19.7. The molecule has 2 aromatic carbocycles. The predicted molar refractivity (Wildman–Crippen MR) is 142 cm³/mol. The van der Waals surface area contributed by atoms with E-state index in [-0.39, 0.29) is 29.2 Å². The number of nitrogens with two attached hydrogens (primary N) is 1. The van der Waals surface area contributed by atoms with Crippen LogP contribution in [0.5, 0.6) is 11.5 Å². The highest BCUT2D eigenvalue weighted by Gasteiger charge is 2.45. The maximum Gasteiger partial charge on any atom is 0.364 e. The van der Waals surface area contributed by atoms with Gasteiger partial charge in [-0.05, 0) is 37.3 Å². The van der Waals surface area contributed by atoms with Gasteiger partial charge >= 0.3 is 17.5 Å². The number of benzene rings is 2. The molecule has 2 heterocycles. The lowest BCUT2D eigenvalue weighted by molar-refractivity contribution is -0.422. The van der Waals surface area contributed by atoms with Crippen molar-refractivity contribution in [1.82, 2.24) is 9.96 Å². The van der Waals surface area contributed by atoms with Gasteiger partial charge in [-0.3, -0.25) is 24.7 Å². The molecule has 0 aliphatic carbocycles. The minimum Gasteiger partial charge on any atom is -0.461 e. The second kappa shape index (κ2) is 12.1. The van der Waals surface area contributed by atoms with Crippen molar-refractivity contribution in [1.29, 1.82) is 5.26 Å². The molecule has 0 saturated carbocycles. The Bertz CT molecular complexity index is 1530. The number of amides is 1. The second-order valence-corrected chi connectivity index (χ2v) is 8.50. The number of rotatable bonds is 10. The number of nitro groups is 1. The lowest BCUT2D eigenvalue weighted by atomic mass is 10.1. The highest BCUT2D eigenvalue weighted by molar-refractivity contribution is 6.42. The third kappa shape index (κ3) is 5.92. The summed E-state index contributed by atoms with van der Waals surface area (Å²) in [5, 5.41) is 22.3. The molecular weight excluding hydrogens is 538 g/mol. The largest absolute Gasteiger partial charge is 0.461 e. The summed E-state index contributed by atoms with van der Waals surface area (Å²) in [6.07, 6.45) is -1.49. The van der Waals surface area contributed by atoms with E-state index < -0.39 is 40.4 Å². The number of carbonyl (C=O) groups excluding carboxylic acids is 2. The molecule has 0 aromatic heterocycles. The predicted octanol–water partition coefficient (Wildman–Crippen LogP) is 1.42. The van der Waals surface area contributed by atoms with Gasteiger partial charge in [-0.1, -0.05) is 12.1 Å². The van der Waals surface area contributed by atoms with E-state index in [1.807, 2.05) is 24.1 Å². The standard InChI is InChI=1S/C26H25N7O8/c1-4-39-25(35)20-21(33(36)37)24(40-18-9-8-16(14-27)19(13-18)22(28)34)32(38-3)26(30-20)41-17-7-5-6-15(12-17)23-29-10-11-31(23)2/h5-9,12-13,26H,4,10-11H2,1-3H3,(H2,28,34). The Hall–Kier alpha value is -5.49. The average Bonchev–Trinajstić information content (AvgIpc) is 3.38. The zero-order valence-electron chi connectivity index (χ0n) is 22.3. The number of ether oxygens (including phenoxy) is 3. The molecule has 2 aromatic rings. The van der Waals surface area contributed by atoms with Crippen molar-refractivity contribution in [2.45, 2.75) is 13.3 Å². The van der Waals surface area contributed by atoms with Gasteiger partial charge in [-0.25, -0.2) is 9.79 Å². The third-order valence-corrected chi connectivity index (χ3v) is 5.90. The maximum atomic E-state index is 12.8. The molecule has 0 radical (unpaired) electrons. The SMILES string of the molecule is CCOC(=O)C1=NC(Oc2cccc(C3=NCCN3C)c2)N(OC)C(Oc2ccc(C#N)c(C(N)=O)c2)=C1[N+](=O)[O-]. The van der Waals surface area contributed by atoms with Crippen LogP contribution >= 0.6 is 0 Å². The minimum absolute atomic E-state index is 0.0343. The summed E-state index contributed by atoms with van der Waals surface area (Å²) in [6.45, 7) is 2.84. The smallest absolute Gasteiger partial charge is 0.364 e. The van der Waals surface area contributed by atoms with Gasteiger partial charge in [0.15, 0.2) is 0 Å². The summed E-state index contributed by atoms with van der Waals surface area (Å²) in [4.78, 5) is 52.0. The van der Waals surface area contributed by atoms with Crippen molar-refractivity contribution in [3.05, 3.63) is 80.8 Å². The monoisotopic (exact) mass is 563 g/mol. The number of aliphatic imine (C=N–C) groups is 2. The zero-order chi connectivity index (χ0) is 29.7. The highest BCUT2D eigenvalue weighted by atomic mass is 16.7. The quantitative estimate of drug-likeness (QED) is 0.249. The lowest BCUT2D eigenvalue weighted by Gasteiger charge is -2.32. The van der Waals surface area contributed by atoms with Crippen LogP contribution in [0.2, 0.25) is 0 Å². The Balaban J connectivity index is 1.79. The van der Waals surface area contributed by atoms with Crippen molar-refractivity contribution < 1.29 is 33.6 Å². The van der Waals surface area contributed by atoms with E-state index in [0.717, 1.165) is 29.1 Å². The molecule has 1 amide bonds. The summed E-state index contributed by atoms with van der Waals surface area (Å²) in [7, 11) is 3.10. The van der Waals surface area contributed by atoms with Crippen LogP contribution in [-0.4, -0.2) is 78.5 Å². The van der Waals surface area contributed by atoms with Gasteiger partial charge in [0.2, 0.25) is 11.6 Å². The molecule has 4 rings (SSSR count). The number of esters is 1. The second-order valence-electron chi connectivity index (χ2n) is 8.50. The van der Waals surface area contributed by atoms with Crippen LogP contribution in [0.1, 0.15) is 28.4 Å². The normalized spacial score (nSPS) is 16.5. The number of carbonyl (C=O) groups is 2. The minimum atomic E-state index is -1.49. The summed E-state index contributed by atoms with van der Waals surface area (Å²) in [6, 6.07) is 12.4. The number of hydrogen-bond acceptors (Lipinski definition) is 13. The molecule has 0 fully saturated rings. The molecule has 41 heavy (non-hydrogen) atoms. The molecule has 2 aliphatic heterocycles. The molecule has 1 atom stereocenters. The van der Waals surface area contributed by atoms with Crippen LogP contribution in [0.3, 0.4) is 0 Å². The number of primary amides is 1. The number of hydrogen-bond donors (Lipinski definition) is 1. The molecule has 0 saturated heterocycles. The summed E-state index contributed by atoms with van der Waals surface area (Å²) in [5.74, 6) is -1.71. The third-order valence-electron chi connectivity index (χ3n) is 5.90. The van der Waals surface area contributed by atoms with E-state index in [2.05, 4.69) is 9.98 Å². The van der Waals surface area contributed by atoms with Crippen molar-refractivity contribution in [3.63, 3.8) is 0 Å². The zero-order valence-corrected chi connectivity index (χ0v) is 22.3. The fourth-order valence-corrected chi connectivity index (χ4v) is 4.06. The van der Waals surface area contributed by atoms with Gasteiger partial charge in [-0.2, -0.15) is 10.3 Å². The van der Waals surface area contributed by atoms with E-state index in [1.54, 1.807) is 18.2 Å². The van der Waals surface area contributed by atoms with Crippen molar-refractivity contribution in [3.8, 4) is 17.6 Å². The number of amidine groups is 1. The molecule has 2 N–H and O–H groups in total. The van der Waals surface area contributed by atoms with Gasteiger partial charge in [0.05, 0.1) is 42.4 Å². The highest BCUT2D eigenvalue weighted by Crippen LogP contribution is 2.30. The van der Waals surface area contributed by atoms with Gasteiger partial charge < -0.3 is 24.8 Å². The maximum absolute atomic E-state index is 12.8. The molecule has 15 nitrogen and oxygen atoms in total. The molecular formula is C26H25N7O8. The molecule has 212 valence electrons. The van der Waals surface area contributed by atoms with Crippen LogP contribution in [0.15, 0.2) is 64.0 Å². The Morgan fingerprint density at radius 1 is 1.24 bits per heavy atom. The molecule has 0 bridgehead atoms. The van der Waals surface area contributed by atoms with E-state index in [0.29, 0.717) is 6.54 Å². The van der Waals surface area contributed by atoms with E-state index in [1.165, 1.54) is 26.2 Å². The molecule has 1 unspecified atom stereocenters. The van der Waals surface area contributed by atoms with Crippen molar-refractivity contribution in [2.75, 3.05) is 33.9 Å². The topological polar surface area (TPSA) is 195 Å². The van der Waals surface area contributed by atoms with Crippen molar-refractivity contribution >= 4 is 23.4 Å². The van der Waals surface area contributed by atoms with Gasteiger partial charge in [0.1, 0.15) is 17.3 Å². The van der Waals surface area contributed by atoms with Crippen LogP contribution < -0.4 is 15.2 Å². The Kier molecular flexibility index (Phi) is 8.44. The molecule has 2 aliphatic rings. The van der Waals surface area contributed by atoms with Crippen LogP contribution in [-0.2, 0) is 14.4 Å². The summed E-state index contributed by atoms with van der Waals surface area (Å²) in [5.41, 5.74) is 4.34. The van der Waals surface area contributed by atoms with E-state index >= 15 is 0 Å². The number of hydroxylamine groups is 2. The van der Waals surface area contributed by atoms with Gasteiger partial charge in [0, 0.05) is 19.2 Å². The summed E-state index contributed by atoms with van der Waals surface area (Å²) >= 11 is 0. The number of nitrogens with zero attached hydrogens (tertiary/aromatic N) is 6. The van der Waals surface area contributed by atoms with Gasteiger partial charge in [0.25, 0.3) is 6.35 Å². The van der Waals surface area contributed by atoms with E-state index in [9.17, 15) is 25.0 Å². The fourth-order valence-electron chi connectivity index (χ4n) is 4.06. The van der Waals surface area contributed by atoms with E-state index in [4.69, 9.17) is 24.8 Å². The Morgan fingerprint density at radius 3 is 2.63 bits per heavy atom. The Morgan fingerprint density at radius 2 is 2.02 bits per heavy atom. The molecule has 0 spiro atoms. The Labute approximate surface area is 233 Å². The average molecular weight is 564 g/mol. The first kappa shape index (κ1) is 28.5. The first-order valence-electron chi connectivity index (χ1n) is 12.2. The number of likely N-dealkylation sites (N-methyl/N-ethyl adjacent to an activating group) is 1. The number of nitriles is 1. The van der Waals surface area contributed by atoms with Crippen LogP contribution in [0.25, 0.3) is 0 Å². The fraction of sp³-hybridized carbons (Fsp3) is 0.269. The first-order valence-corrected chi connectivity index (χ1v) is 12.2. The van der Waals surface area contributed by atoms with Crippen LogP contribution in [0, 0.1) is 21.4 Å². The van der Waals surface area contributed by atoms with Crippen LogP contribution in [0.4, 0.5) is 0 Å². The summed E-state index contributed by atoms with van der Waals surface area (Å²) < 4.78 is 16.8.